The summed E-state index contributed by atoms with van der Waals surface area (Å²) in [5.41, 5.74) is -1.60. The van der Waals surface area contributed by atoms with Crippen LogP contribution in [0.4, 0.5) is 4.39 Å². The van der Waals surface area contributed by atoms with E-state index >= 15 is 0 Å². The minimum Gasteiger partial charge on any atom is -0.479 e. The van der Waals surface area contributed by atoms with E-state index in [1.54, 1.807) is 6.92 Å². The number of alkyl halides is 1. The Kier molecular flexibility index (Phi) is 2.98. The molecule has 0 saturated carbocycles. The lowest BCUT2D eigenvalue weighted by Crippen LogP contribution is -2.39. The summed E-state index contributed by atoms with van der Waals surface area (Å²) in [6.07, 6.45) is 2.53. The van der Waals surface area contributed by atoms with Crippen molar-refractivity contribution in [1.29, 1.82) is 0 Å². The Labute approximate surface area is 102 Å². The second-order valence-corrected chi connectivity index (χ2v) is 4.29. The molecule has 0 aromatic carbocycles. The zero-order chi connectivity index (χ0) is 13.3. The molecule has 1 amide bonds. The van der Waals surface area contributed by atoms with E-state index in [1.807, 2.05) is 0 Å². The van der Waals surface area contributed by atoms with Gasteiger partial charge in [0.05, 0.1) is 18.4 Å². The third-order valence-electron chi connectivity index (χ3n) is 2.89. The first-order chi connectivity index (χ1) is 8.42. The molecule has 2 rings (SSSR count). The quantitative estimate of drug-likeness (QED) is 0.826. The number of amides is 1. The second-order valence-electron chi connectivity index (χ2n) is 4.29. The maximum Gasteiger partial charge on any atom is 0.343 e. The van der Waals surface area contributed by atoms with Crippen molar-refractivity contribution in [3.8, 4) is 0 Å². The van der Waals surface area contributed by atoms with Crippen LogP contribution in [0.1, 0.15) is 22.6 Å². The Bertz CT molecular complexity index is 491. The molecule has 1 saturated heterocycles. The molecule has 1 fully saturated rings. The fourth-order valence-electron chi connectivity index (χ4n) is 1.79. The largest absolute Gasteiger partial charge is 0.479 e. The molecule has 96 valence electrons. The van der Waals surface area contributed by atoms with E-state index in [0.29, 0.717) is 5.69 Å². The number of aliphatic carboxylic acids is 1. The van der Waals surface area contributed by atoms with Crippen molar-refractivity contribution in [1.82, 2.24) is 14.9 Å². The van der Waals surface area contributed by atoms with Crippen LogP contribution in [0.25, 0.3) is 0 Å². The highest BCUT2D eigenvalue weighted by Crippen LogP contribution is 2.26. The smallest absolute Gasteiger partial charge is 0.343 e. The molecule has 2 heterocycles. The number of hydrogen-bond donors (Lipinski definition) is 1. The van der Waals surface area contributed by atoms with Gasteiger partial charge in [-0.1, -0.05) is 0 Å². The maximum absolute atomic E-state index is 13.8. The van der Waals surface area contributed by atoms with E-state index in [0.717, 1.165) is 4.90 Å². The molecule has 0 radical (unpaired) electrons. The second kappa shape index (κ2) is 4.32. The van der Waals surface area contributed by atoms with Gasteiger partial charge < -0.3 is 10.0 Å². The first-order valence-corrected chi connectivity index (χ1v) is 5.42. The highest BCUT2D eigenvalue weighted by molar-refractivity contribution is 5.93. The van der Waals surface area contributed by atoms with Gasteiger partial charge in [-0.15, -0.1) is 0 Å². The van der Waals surface area contributed by atoms with Crippen LogP contribution in [0.5, 0.6) is 0 Å². The minimum atomic E-state index is -2.35. The SMILES string of the molecule is Cc1cnc(C(=O)N2CCC(F)(C(=O)O)C2)cn1. The first-order valence-electron chi connectivity index (χ1n) is 5.42. The van der Waals surface area contributed by atoms with E-state index in [1.165, 1.54) is 12.4 Å². The number of likely N-dealkylation sites (tertiary alicyclic amines) is 1. The average molecular weight is 253 g/mol. The fourth-order valence-corrected chi connectivity index (χ4v) is 1.79. The maximum atomic E-state index is 13.8. The molecule has 7 heteroatoms. The summed E-state index contributed by atoms with van der Waals surface area (Å²) in [5.74, 6) is -2.03. The molecule has 0 bridgehead atoms. The monoisotopic (exact) mass is 253 g/mol. The highest BCUT2D eigenvalue weighted by Gasteiger charge is 2.47. The van der Waals surface area contributed by atoms with Crippen LogP contribution in [0, 0.1) is 6.92 Å². The normalized spacial score (nSPS) is 23.1. The molecule has 0 aliphatic carbocycles. The van der Waals surface area contributed by atoms with Crippen molar-refractivity contribution < 1.29 is 19.1 Å². The summed E-state index contributed by atoms with van der Waals surface area (Å²) in [6, 6.07) is 0. The van der Waals surface area contributed by atoms with Crippen molar-refractivity contribution >= 4 is 11.9 Å². The van der Waals surface area contributed by atoms with Gasteiger partial charge in [0.2, 0.25) is 5.67 Å². The van der Waals surface area contributed by atoms with Crippen LogP contribution >= 0.6 is 0 Å². The van der Waals surface area contributed by atoms with E-state index in [2.05, 4.69) is 9.97 Å². The summed E-state index contributed by atoms with van der Waals surface area (Å²) in [6.45, 7) is 1.35. The molecule has 1 aromatic rings. The lowest BCUT2D eigenvalue weighted by molar-refractivity contribution is -0.149. The Balaban J connectivity index is 2.12. The average Bonchev–Trinajstić information content (AvgIpc) is 2.73. The molecular formula is C11H12FN3O3. The number of aryl methyl sites for hydroxylation is 1. The van der Waals surface area contributed by atoms with Gasteiger partial charge in [-0.2, -0.15) is 0 Å². The fraction of sp³-hybridized carbons (Fsp3) is 0.455. The minimum absolute atomic E-state index is 0.0667. The number of halogens is 1. The Morgan fingerprint density at radius 2 is 2.17 bits per heavy atom. The molecule has 1 aliphatic rings. The summed E-state index contributed by atoms with van der Waals surface area (Å²) in [4.78, 5) is 31.6. The van der Waals surface area contributed by atoms with Crippen molar-refractivity contribution in [3.05, 3.63) is 23.8 Å². The lowest BCUT2D eigenvalue weighted by atomic mass is 10.1. The van der Waals surface area contributed by atoms with E-state index in [9.17, 15) is 14.0 Å². The molecule has 6 nitrogen and oxygen atoms in total. The first kappa shape index (κ1) is 12.4. The van der Waals surface area contributed by atoms with Crippen LogP contribution in [0.3, 0.4) is 0 Å². The van der Waals surface area contributed by atoms with Crippen LogP contribution < -0.4 is 0 Å². The van der Waals surface area contributed by atoms with Crippen LogP contribution in [-0.2, 0) is 4.79 Å². The van der Waals surface area contributed by atoms with Gasteiger partial charge in [-0.05, 0) is 6.92 Å². The number of rotatable bonds is 2. The van der Waals surface area contributed by atoms with Gasteiger partial charge in [-0.25, -0.2) is 14.2 Å². The highest BCUT2D eigenvalue weighted by atomic mass is 19.1. The van der Waals surface area contributed by atoms with Crippen molar-refractivity contribution in [2.75, 3.05) is 13.1 Å². The van der Waals surface area contributed by atoms with Crippen molar-refractivity contribution in [2.24, 2.45) is 0 Å². The Morgan fingerprint density at radius 1 is 1.44 bits per heavy atom. The number of carbonyl (C=O) groups excluding carboxylic acids is 1. The van der Waals surface area contributed by atoms with E-state index in [-0.39, 0.29) is 18.7 Å². The standard InChI is InChI=1S/C11H12FN3O3/c1-7-4-14-8(5-13-7)9(16)15-3-2-11(12,6-15)10(17)18/h4-5H,2-3,6H2,1H3,(H,17,18). The number of carbonyl (C=O) groups is 2. The van der Waals surface area contributed by atoms with Gasteiger partial charge in [-0.3, -0.25) is 9.78 Å². The molecular weight excluding hydrogens is 241 g/mol. The van der Waals surface area contributed by atoms with Crippen molar-refractivity contribution in [2.45, 2.75) is 19.0 Å². The van der Waals surface area contributed by atoms with E-state index in [4.69, 9.17) is 5.11 Å². The third-order valence-corrected chi connectivity index (χ3v) is 2.89. The predicted octanol–water partition coefficient (Wildman–Crippen LogP) is 0.424. The zero-order valence-corrected chi connectivity index (χ0v) is 9.76. The Hall–Kier alpha value is -2.05. The lowest BCUT2D eigenvalue weighted by Gasteiger charge is -2.17. The molecule has 1 N–H and O–H groups in total. The van der Waals surface area contributed by atoms with E-state index < -0.39 is 24.1 Å². The molecule has 1 unspecified atom stereocenters. The van der Waals surface area contributed by atoms with Gasteiger partial charge >= 0.3 is 5.97 Å². The summed E-state index contributed by atoms with van der Waals surface area (Å²) < 4.78 is 13.8. The van der Waals surface area contributed by atoms with Gasteiger partial charge in [0.15, 0.2) is 0 Å². The van der Waals surface area contributed by atoms with Crippen LogP contribution in [0.2, 0.25) is 0 Å². The topological polar surface area (TPSA) is 83.4 Å². The molecule has 1 atom stereocenters. The summed E-state index contributed by atoms with van der Waals surface area (Å²) >= 11 is 0. The molecule has 1 aromatic heterocycles. The molecule has 18 heavy (non-hydrogen) atoms. The molecule has 1 aliphatic heterocycles. The van der Waals surface area contributed by atoms with Crippen LogP contribution in [0.15, 0.2) is 12.4 Å². The number of aromatic nitrogens is 2. The number of nitrogens with zero attached hydrogens (tertiary/aromatic N) is 3. The van der Waals surface area contributed by atoms with Gasteiger partial charge in [0, 0.05) is 19.2 Å². The van der Waals surface area contributed by atoms with Crippen LogP contribution in [-0.4, -0.2) is 50.6 Å². The van der Waals surface area contributed by atoms with Gasteiger partial charge in [0.25, 0.3) is 5.91 Å². The van der Waals surface area contributed by atoms with Crippen molar-refractivity contribution in [3.63, 3.8) is 0 Å². The predicted molar refractivity (Wildman–Crippen MR) is 58.8 cm³/mol. The third kappa shape index (κ3) is 2.15. The summed E-state index contributed by atoms with van der Waals surface area (Å²) in [5, 5.41) is 8.74. The number of carboxylic acid groups (broad SMARTS) is 1. The Morgan fingerprint density at radius 3 is 2.67 bits per heavy atom. The van der Waals surface area contributed by atoms with Gasteiger partial charge in [0.1, 0.15) is 5.69 Å². The molecule has 0 spiro atoms. The number of hydrogen-bond acceptors (Lipinski definition) is 4. The summed E-state index contributed by atoms with van der Waals surface area (Å²) in [7, 11) is 0. The number of carboxylic acids is 1. The zero-order valence-electron chi connectivity index (χ0n) is 9.76.